The molecule has 0 saturated carbocycles. The van der Waals surface area contributed by atoms with Crippen molar-refractivity contribution in [3.63, 3.8) is 0 Å². The fraction of sp³-hybridized carbons (Fsp3) is 0.667. The molecule has 3 fully saturated rings. The van der Waals surface area contributed by atoms with Crippen LogP contribution >= 0.6 is 0 Å². The molecular weight excluding hydrogens is 326 g/mol. The molecule has 142 valence electrons. The third-order valence-electron chi connectivity index (χ3n) is 6.44. The molecule has 1 amide bonds. The van der Waals surface area contributed by atoms with Gasteiger partial charge in [0.1, 0.15) is 5.75 Å². The Morgan fingerprint density at radius 3 is 2.81 bits per heavy atom. The number of likely N-dealkylation sites (tertiary alicyclic amines) is 1. The summed E-state index contributed by atoms with van der Waals surface area (Å²) in [4.78, 5) is 19.8. The average molecular weight is 357 g/mol. The number of phenolic OH excluding ortho intramolecular Hbond substituents is 1. The van der Waals surface area contributed by atoms with Gasteiger partial charge >= 0.3 is 0 Å². The zero-order valence-electron chi connectivity index (χ0n) is 16.0. The standard InChI is InChI=1S/C21H31N3O2/c1-22(2)14-20-17-10-16(19-7-4-8-21(26)24(19)20)12-23(13-17)11-15-5-3-6-18(25)9-15/h3,5-6,9,16-17,19-20,25H,4,7-8,10-14H2,1-2H3/t16-,17+,19+,20+/m1/s1. The number of carbonyl (C=O) groups excluding carboxylic acids is 1. The molecule has 3 heterocycles. The molecule has 5 nitrogen and oxygen atoms in total. The van der Waals surface area contributed by atoms with Gasteiger partial charge in [0.15, 0.2) is 0 Å². The molecule has 0 unspecified atom stereocenters. The van der Waals surface area contributed by atoms with Crippen LogP contribution in [0.15, 0.2) is 24.3 Å². The van der Waals surface area contributed by atoms with Crippen LogP contribution in [0, 0.1) is 11.8 Å². The number of fused-ring (bicyclic) bond motifs is 4. The number of rotatable bonds is 4. The number of piperidine rings is 3. The van der Waals surface area contributed by atoms with Gasteiger partial charge in [0, 0.05) is 44.7 Å². The lowest BCUT2D eigenvalue weighted by Gasteiger charge is -2.57. The van der Waals surface area contributed by atoms with Crippen molar-refractivity contribution in [2.75, 3.05) is 33.7 Å². The summed E-state index contributed by atoms with van der Waals surface area (Å²) in [5.41, 5.74) is 1.17. The molecule has 0 spiro atoms. The summed E-state index contributed by atoms with van der Waals surface area (Å²) in [5, 5.41) is 9.76. The number of hydrogen-bond donors (Lipinski definition) is 1. The van der Waals surface area contributed by atoms with Crippen molar-refractivity contribution >= 4 is 5.91 Å². The molecule has 1 aromatic rings. The van der Waals surface area contributed by atoms with Crippen LogP contribution in [0.1, 0.15) is 31.2 Å². The van der Waals surface area contributed by atoms with Gasteiger partial charge in [-0.05, 0) is 62.9 Å². The second kappa shape index (κ2) is 7.20. The Kier molecular flexibility index (Phi) is 4.93. The van der Waals surface area contributed by atoms with E-state index in [0.717, 1.165) is 45.4 Å². The Morgan fingerprint density at radius 1 is 1.23 bits per heavy atom. The molecule has 3 aliphatic rings. The van der Waals surface area contributed by atoms with Crippen molar-refractivity contribution in [2.24, 2.45) is 11.8 Å². The normalized spacial score (nSPS) is 32.0. The average Bonchev–Trinajstić information content (AvgIpc) is 2.58. The number of amides is 1. The van der Waals surface area contributed by atoms with Gasteiger partial charge < -0.3 is 14.9 Å². The van der Waals surface area contributed by atoms with Gasteiger partial charge in [-0.25, -0.2) is 0 Å². The second-order valence-electron chi connectivity index (χ2n) is 8.71. The van der Waals surface area contributed by atoms with E-state index in [-0.39, 0.29) is 0 Å². The predicted octanol–water partition coefficient (Wildman–Crippen LogP) is 2.16. The predicted molar refractivity (Wildman–Crippen MR) is 102 cm³/mol. The highest BCUT2D eigenvalue weighted by molar-refractivity contribution is 5.78. The molecule has 3 aliphatic heterocycles. The monoisotopic (exact) mass is 357 g/mol. The highest BCUT2D eigenvalue weighted by atomic mass is 16.3. The van der Waals surface area contributed by atoms with E-state index in [1.54, 1.807) is 6.07 Å². The third-order valence-corrected chi connectivity index (χ3v) is 6.44. The molecule has 1 N–H and O–H groups in total. The number of nitrogens with zero attached hydrogens (tertiary/aromatic N) is 3. The van der Waals surface area contributed by atoms with Crippen molar-refractivity contribution < 1.29 is 9.90 Å². The lowest BCUT2D eigenvalue weighted by atomic mass is 9.72. The van der Waals surface area contributed by atoms with Crippen LogP contribution in [0.5, 0.6) is 5.75 Å². The molecule has 0 aliphatic carbocycles. The first kappa shape index (κ1) is 17.8. The van der Waals surface area contributed by atoms with E-state index in [0.29, 0.717) is 35.6 Å². The number of benzene rings is 1. The second-order valence-corrected chi connectivity index (χ2v) is 8.71. The van der Waals surface area contributed by atoms with E-state index in [2.05, 4.69) is 34.9 Å². The maximum Gasteiger partial charge on any atom is 0.223 e. The highest BCUT2D eigenvalue weighted by Crippen LogP contribution is 2.42. The van der Waals surface area contributed by atoms with Crippen molar-refractivity contribution in [2.45, 2.75) is 44.3 Å². The van der Waals surface area contributed by atoms with Crippen molar-refractivity contribution in [1.82, 2.24) is 14.7 Å². The highest BCUT2D eigenvalue weighted by Gasteiger charge is 2.49. The van der Waals surface area contributed by atoms with E-state index in [1.165, 1.54) is 12.0 Å². The van der Waals surface area contributed by atoms with Gasteiger partial charge in [-0.1, -0.05) is 12.1 Å². The van der Waals surface area contributed by atoms with E-state index < -0.39 is 0 Å². The molecule has 1 aromatic carbocycles. The van der Waals surface area contributed by atoms with Crippen LogP contribution in [0.25, 0.3) is 0 Å². The Morgan fingerprint density at radius 2 is 2.04 bits per heavy atom. The summed E-state index contributed by atoms with van der Waals surface area (Å²) in [7, 11) is 4.23. The fourth-order valence-corrected chi connectivity index (χ4v) is 5.52. The van der Waals surface area contributed by atoms with E-state index >= 15 is 0 Å². The van der Waals surface area contributed by atoms with Gasteiger partial charge in [-0.3, -0.25) is 9.69 Å². The maximum atomic E-state index is 12.7. The molecule has 0 aromatic heterocycles. The van der Waals surface area contributed by atoms with Gasteiger partial charge in [-0.15, -0.1) is 0 Å². The molecule has 26 heavy (non-hydrogen) atoms. The quantitative estimate of drug-likeness (QED) is 0.897. The summed E-state index contributed by atoms with van der Waals surface area (Å²) < 4.78 is 0. The third kappa shape index (κ3) is 3.47. The summed E-state index contributed by atoms with van der Waals surface area (Å²) in [6.07, 6.45) is 4.19. The lowest BCUT2D eigenvalue weighted by Crippen LogP contribution is -2.66. The van der Waals surface area contributed by atoms with Crippen LogP contribution in [0.3, 0.4) is 0 Å². The lowest BCUT2D eigenvalue weighted by molar-refractivity contribution is -0.153. The summed E-state index contributed by atoms with van der Waals surface area (Å²) in [5.74, 6) is 1.86. The number of aromatic hydroxyl groups is 1. The van der Waals surface area contributed by atoms with Gasteiger partial charge in [0.05, 0.1) is 0 Å². The summed E-state index contributed by atoms with van der Waals surface area (Å²) >= 11 is 0. The minimum absolute atomic E-state index is 0.339. The maximum absolute atomic E-state index is 12.7. The van der Waals surface area contributed by atoms with E-state index in [9.17, 15) is 9.90 Å². The Balaban J connectivity index is 1.55. The number of hydrogen-bond acceptors (Lipinski definition) is 4. The minimum Gasteiger partial charge on any atom is -0.508 e. The smallest absolute Gasteiger partial charge is 0.223 e. The molecule has 4 atom stereocenters. The van der Waals surface area contributed by atoms with Crippen molar-refractivity contribution in [3.05, 3.63) is 29.8 Å². The van der Waals surface area contributed by atoms with Crippen LogP contribution in [-0.4, -0.2) is 71.5 Å². The summed E-state index contributed by atoms with van der Waals surface area (Å²) in [6.45, 7) is 3.95. The first-order valence-electron chi connectivity index (χ1n) is 9.97. The fourth-order valence-electron chi connectivity index (χ4n) is 5.52. The molecule has 4 rings (SSSR count). The van der Waals surface area contributed by atoms with Crippen LogP contribution < -0.4 is 0 Å². The molecule has 0 radical (unpaired) electrons. The summed E-state index contributed by atoms with van der Waals surface area (Å²) in [6, 6.07) is 8.38. The molecule has 5 heteroatoms. The topological polar surface area (TPSA) is 47.0 Å². The minimum atomic E-state index is 0.339. The Hall–Kier alpha value is -1.59. The number of carbonyl (C=O) groups is 1. The van der Waals surface area contributed by atoms with Gasteiger partial charge in [-0.2, -0.15) is 0 Å². The zero-order chi connectivity index (χ0) is 18.3. The number of likely N-dealkylation sites (N-methyl/N-ethyl adjacent to an activating group) is 1. The van der Waals surface area contributed by atoms with Crippen molar-refractivity contribution in [1.29, 1.82) is 0 Å². The van der Waals surface area contributed by atoms with E-state index in [4.69, 9.17) is 0 Å². The molecular formula is C21H31N3O2. The van der Waals surface area contributed by atoms with Crippen molar-refractivity contribution in [3.8, 4) is 5.75 Å². The van der Waals surface area contributed by atoms with E-state index in [1.807, 2.05) is 12.1 Å². The SMILES string of the molecule is CN(C)C[C@H]1[C@H]2C[C@H](CN(Cc3cccc(O)c3)C2)[C@@H]2CCCC(=O)N21. The van der Waals surface area contributed by atoms with Gasteiger partial charge in [0.25, 0.3) is 0 Å². The molecule has 3 saturated heterocycles. The first-order valence-corrected chi connectivity index (χ1v) is 9.97. The number of phenols is 1. The zero-order valence-corrected chi connectivity index (χ0v) is 16.0. The van der Waals surface area contributed by atoms with Crippen LogP contribution in [0.2, 0.25) is 0 Å². The Bertz CT molecular complexity index is 662. The van der Waals surface area contributed by atoms with Gasteiger partial charge in [0.2, 0.25) is 5.91 Å². The largest absolute Gasteiger partial charge is 0.508 e. The van der Waals surface area contributed by atoms with Crippen LogP contribution in [-0.2, 0) is 11.3 Å². The first-order chi connectivity index (χ1) is 12.5. The molecule has 2 bridgehead atoms. The van der Waals surface area contributed by atoms with Crippen LogP contribution in [0.4, 0.5) is 0 Å². The Labute approximate surface area is 156 Å².